The lowest BCUT2D eigenvalue weighted by Gasteiger charge is -2.37. The van der Waals surface area contributed by atoms with Gasteiger partial charge in [0.25, 0.3) is 11.5 Å². The molecule has 2 aliphatic heterocycles. The Balaban J connectivity index is 0.00000160. The number of carbonyl (C=O) groups excluding carboxylic acids is 1. The van der Waals surface area contributed by atoms with Crippen LogP contribution in [0.5, 0.6) is 0 Å². The quantitative estimate of drug-likeness (QED) is 0.722. The molecular weight excluding hydrogens is 427 g/mol. The van der Waals surface area contributed by atoms with Crippen molar-refractivity contribution in [2.45, 2.75) is 25.4 Å². The van der Waals surface area contributed by atoms with E-state index < -0.39 is 0 Å². The molecule has 2 bridgehead atoms. The van der Waals surface area contributed by atoms with Gasteiger partial charge in [0, 0.05) is 57.3 Å². The maximum absolute atomic E-state index is 13.2. The molecule has 1 N–H and O–H groups in total. The highest BCUT2D eigenvalue weighted by molar-refractivity contribution is 5.93. The summed E-state index contributed by atoms with van der Waals surface area (Å²) in [6, 6.07) is 7.42. The molecule has 0 radical (unpaired) electrons. The van der Waals surface area contributed by atoms with Crippen molar-refractivity contribution >= 4 is 30.7 Å². The summed E-state index contributed by atoms with van der Waals surface area (Å²) in [6.45, 7) is 3.77. The number of carbonyl (C=O) groups is 1. The van der Waals surface area contributed by atoms with Crippen molar-refractivity contribution in [1.29, 1.82) is 0 Å². The van der Waals surface area contributed by atoms with E-state index in [4.69, 9.17) is 4.74 Å². The number of nitrogens with one attached hydrogen (secondary N) is 1. The molecule has 0 aliphatic carbocycles. The van der Waals surface area contributed by atoms with Gasteiger partial charge >= 0.3 is 0 Å². The van der Waals surface area contributed by atoms with Crippen LogP contribution in [0.25, 0.3) is 0 Å². The van der Waals surface area contributed by atoms with Crippen LogP contribution in [0.2, 0.25) is 0 Å². The first-order valence-electron chi connectivity index (χ1n) is 9.79. The van der Waals surface area contributed by atoms with E-state index in [2.05, 4.69) is 10.3 Å². The topological polar surface area (TPSA) is 76.5 Å². The van der Waals surface area contributed by atoms with Gasteiger partial charge in [0.1, 0.15) is 5.56 Å². The Bertz CT molecular complexity index is 907. The van der Waals surface area contributed by atoms with Crippen LogP contribution in [0.3, 0.4) is 0 Å². The molecular formula is C21H28Cl2N4O3. The first-order chi connectivity index (χ1) is 13.7. The number of ether oxygens (including phenoxy) is 1. The standard InChI is InChI=1S/C21H26N4O3.2ClH/c1-28-9-8-24(13-15-4-6-22-7-5-15)20(26)18-2-3-19-17-10-16(11-23-12-17)14-25(19)21(18)27;;/h2-7,16-17,23H,8-14H2,1H3;2*1H/t16-,17+;;/m0../s1. The molecule has 0 unspecified atom stereocenters. The SMILES string of the molecule is COCCN(Cc1ccncc1)C(=O)c1ccc2n(c1=O)C[C@@H]1CNC[C@H]2C1.Cl.Cl. The predicted molar refractivity (Wildman–Crippen MR) is 120 cm³/mol. The number of hydrogen-bond donors (Lipinski definition) is 1. The van der Waals surface area contributed by atoms with Gasteiger partial charge in [-0.25, -0.2) is 0 Å². The molecule has 1 fully saturated rings. The van der Waals surface area contributed by atoms with E-state index in [0.29, 0.717) is 38.1 Å². The molecule has 164 valence electrons. The molecule has 30 heavy (non-hydrogen) atoms. The molecule has 1 saturated heterocycles. The maximum Gasteiger partial charge on any atom is 0.263 e. The highest BCUT2D eigenvalue weighted by Crippen LogP contribution is 2.31. The largest absolute Gasteiger partial charge is 0.383 e. The van der Waals surface area contributed by atoms with Gasteiger partial charge in [0.2, 0.25) is 0 Å². The number of nitrogens with zero attached hydrogens (tertiary/aromatic N) is 3. The predicted octanol–water partition coefficient (Wildman–Crippen LogP) is 2.08. The first kappa shape index (κ1) is 24.3. The van der Waals surface area contributed by atoms with Crippen molar-refractivity contribution in [3.05, 3.63) is 63.8 Å². The summed E-state index contributed by atoms with van der Waals surface area (Å²) in [5.74, 6) is 0.560. The van der Waals surface area contributed by atoms with Crippen molar-refractivity contribution in [3.63, 3.8) is 0 Å². The van der Waals surface area contributed by atoms with Gasteiger partial charge in [0.15, 0.2) is 0 Å². The van der Waals surface area contributed by atoms with Crippen LogP contribution >= 0.6 is 24.8 Å². The van der Waals surface area contributed by atoms with Gasteiger partial charge in [0.05, 0.1) is 6.61 Å². The molecule has 7 nitrogen and oxygen atoms in total. The molecule has 2 aromatic rings. The van der Waals surface area contributed by atoms with Gasteiger partial charge < -0.3 is 19.5 Å². The Kier molecular flexibility index (Phi) is 8.85. The Morgan fingerprint density at radius 1 is 1.23 bits per heavy atom. The number of piperidine rings is 1. The zero-order chi connectivity index (χ0) is 19.5. The highest BCUT2D eigenvalue weighted by Gasteiger charge is 2.32. The highest BCUT2D eigenvalue weighted by atomic mass is 35.5. The Labute approximate surface area is 188 Å². The van der Waals surface area contributed by atoms with E-state index in [1.54, 1.807) is 30.5 Å². The second-order valence-electron chi connectivity index (χ2n) is 7.62. The van der Waals surface area contributed by atoms with Crippen LogP contribution in [-0.4, -0.2) is 53.7 Å². The lowest BCUT2D eigenvalue weighted by molar-refractivity contribution is 0.0677. The van der Waals surface area contributed by atoms with Gasteiger partial charge in [-0.2, -0.15) is 0 Å². The molecule has 1 amide bonds. The molecule has 4 heterocycles. The minimum absolute atomic E-state index is 0. The number of rotatable bonds is 6. The summed E-state index contributed by atoms with van der Waals surface area (Å²) in [5.41, 5.74) is 2.08. The summed E-state index contributed by atoms with van der Waals surface area (Å²) in [5, 5.41) is 3.44. The molecule has 2 aromatic heterocycles. The average Bonchev–Trinajstić information content (AvgIpc) is 2.72. The number of hydrogen-bond acceptors (Lipinski definition) is 5. The van der Waals surface area contributed by atoms with Crippen LogP contribution in [-0.2, 0) is 17.8 Å². The Hall–Kier alpha value is -1.93. The molecule has 0 aromatic carbocycles. The molecule has 0 saturated carbocycles. The van der Waals surface area contributed by atoms with Gasteiger partial charge in [-0.3, -0.25) is 14.6 Å². The third-order valence-electron chi connectivity index (χ3n) is 5.71. The van der Waals surface area contributed by atoms with Crippen LogP contribution in [0.15, 0.2) is 41.5 Å². The summed E-state index contributed by atoms with van der Waals surface area (Å²) >= 11 is 0. The van der Waals surface area contributed by atoms with E-state index in [0.717, 1.165) is 30.8 Å². The third kappa shape index (κ3) is 5.03. The Morgan fingerprint density at radius 2 is 2.00 bits per heavy atom. The summed E-state index contributed by atoms with van der Waals surface area (Å²) < 4.78 is 7.00. The zero-order valence-corrected chi connectivity index (χ0v) is 18.6. The fraction of sp³-hybridized carbons (Fsp3) is 0.476. The number of methoxy groups -OCH3 is 1. The van der Waals surface area contributed by atoms with Crippen LogP contribution in [0.4, 0.5) is 0 Å². The van der Waals surface area contributed by atoms with Crippen LogP contribution < -0.4 is 10.9 Å². The van der Waals surface area contributed by atoms with Crippen molar-refractivity contribution in [2.75, 3.05) is 33.4 Å². The van der Waals surface area contributed by atoms with E-state index >= 15 is 0 Å². The number of pyridine rings is 2. The molecule has 0 spiro atoms. The van der Waals surface area contributed by atoms with Gasteiger partial charge in [-0.15, -0.1) is 24.8 Å². The second-order valence-corrected chi connectivity index (χ2v) is 7.62. The Morgan fingerprint density at radius 3 is 2.73 bits per heavy atom. The van der Waals surface area contributed by atoms with E-state index in [1.807, 2.05) is 22.8 Å². The molecule has 9 heteroatoms. The minimum Gasteiger partial charge on any atom is -0.383 e. The van der Waals surface area contributed by atoms with Crippen molar-refractivity contribution in [3.8, 4) is 0 Å². The summed E-state index contributed by atoms with van der Waals surface area (Å²) in [4.78, 5) is 32.1. The maximum atomic E-state index is 13.2. The van der Waals surface area contributed by atoms with E-state index in [1.165, 1.54) is 0 Å². The minimum atomic E-state index is -0.247. The zero-order valence-electron chi connectivity index (χ0n) is 17.0. The van der Waals surface area contributed by atoms with Crippen LogP contribution in [0, 0.1) is 5.92 Å². The van der Waals surface area contributed by atoms with Crippen LogP contribution in [0.1, 0.15) is 34.0 Å². The first-order valence-corrected chi connectivity index (χ1v) is 9.79. The fourth-order valence-electron chi connectivity index (χ4n) is 4.29. The smallest absolute Gasteiger partial charge is 0.263 e. The summed E-state index contributed by atoms with van der Waals surface area (Å²) in [7, 11) is 1.61. The average molecular weight is 455 g/mol. The van der Waals surface area contributed by atoms with Gasteiger partial charge in [-0.1, -0.05) is 0 Å². The lowest BCUT2D eigenvalue weighted by Crippen LogP contribution is -2.46. The molecule has 2 atom stereocenters. The third-order valence-corrected chi connectivity index (χ3v) is 5.71. The van der Waals surface area contributed by atoms with Gasteiger partial charge in [-0.05, 0) is 48.7 Å². The lowest BCUT2D eigenvalue weighted by atomic mass is 9.84. The normalized spacial score (nSPS) is 19.1. The number of halogens is 2. The number of aromatic nitrogens is 2. The monoisotopic (exact) mass is 454 g/mol. The number of fused-ring (bicyclic) bond motifs is 4. The van der Waals surface area contributed by atoms with Crippen molar-refractivity contribution < 1.29 is 9.53 Å². The molecule has 2 aliphatic rings. The van der Waals surface area contributed by atoms with E-state index in [-0.39, 0.29) is 41.8 Å². The fourth-order valence-corrected chi connectivity index (χ4v) is 4.29. The van der Waals surface area contributed by atoms with Crippen molar-refractivity contribution in [1.82, 2.24) is 19.8 Å². The molecule has 4 rings (SSSR count). The van der Waals surface area contributed by atoms with Crippen molar-refractivity contribution in [2.24, 2.45) is 5.92 Å². The number of amides is 1. The van der Waals surface area contributed by atoms with E-state index in [9.17, 15) is 9.59 Å². The second kappa shape index (κ2) is 10.9. The summed E-state index contributed by atoms with van der Waals surface area (Å²) in [6.07, 6.45) is 4.52.